The lowest BCUT2D eigenvalue weighted by molar-refractivity contribution is -0.147. The van der Waals surface area contributed by atoms with Gasteiger partial charge in [-0.2, -0.15) is 18.3 Å². The number of β-amino-alcohol motifs (C(OH)–C–C–N with tert-alkyl or cyclic N) is 1. The van der Waals surface area contributed by atoms with Crippen molar-refractivity contribution in [1.29, 1.82) is 0 Å². The molecule has 0 saturated heterocycles. The summed E-state index contributed by atoms with van der Waals surface area (Å²) in [5.74, 6) is -1.12. The van der Waals surface area contributed by atoms with Crippen LogP contribution in [-0.4, -0.2) is 44.0 Å². The van der Waals surface area contributed by atoms with Crippen molar-refractivity contribution >= 4 is 16.9 Å². The van der Waals surface area contributed by atoms with Gasteiger partial charge in [0.15, 0.2) is 5.54 Å². The first-order valence-corrected chi connectivity index (χ1v) is 9.85. The van der Waals surface area contributed by atoms with Crippen LogP contribution in [-0.2, 0) is 23.1 Å². The molecule has 0 radical (unpaired) electrons. The van der Waals surface area contributed by atoms with Crippen molar-refractivity contribution < 1.29 is 28.2 Å². The van der Waals surface area contributed by atoms with E-state index in [0.29, 0.717) is 22.0 Å². The molecule has 2 N–H and O–H groups in total. The molecule has 0 bridgehead atoms. The maximum Gasteiger partial charge on any atom is 0.416 e. The number of carboxylic acids is 1. The predicted octanol–water partition coefficient (Wildman–Crippen LogP) is 3.76. The molecule has 3 aromatic rings. The second-order valence-electron chi connectivity index (χ2n) is 7.45. The molecule has 0 saturated carbocycles. The average Bonchev–Trinajstić information content (AvgIpc) is 3.16. The van der Waals surface area contributed by atoms with E-state index in [2.05, 4.69) is 5.10 Å². The smallest absolute Gasteiger partial charge is 0.416 e. The van der Waals surface area contributed by atoms with E-state index in [9.17, 15) is 28.2 Å². The van der Waals surface area contributed by atoms with Gasteiger partial charge in [0.1, 0.15) is 0 Å². The van der Waals surface area contributed by atoms with Gasteiger partial charge in [-0.3, -0.25) is 4.68 Å². The van der Waals surface area contributed by atoms with E-state index >= 15 is 0 Å². The Labute approximate surface area is 181 Å². The summed E-state index contributed by atoms with van der Waals surface area (Å²) in [4.78, 5) is 14.0. The number of aliphatic hydroxyl groups excluding tert-OH is 1. The molecule has 32 heavy (non-hydrogen) atoms. The molecule has 9 heteroatoms. The van der Waals surface area contributed by atoms with Crippen LogP contribution in [0.15, 0.2) is 73.1 Å². The largest absolute Gasteiger partial charge is 0.479 e. The second-order valence-corrected chi connectivity index (χ2v) is 7.45. The van der Waals surface area contributed by atoms with Crippen LogP contribution in [0.25, 0.3) is 10.9 Å². The Morgan fingerprint density at radius 2 is 1.91 bits per heavy atom. The number of nitrogens with zero attached hydrogens (tertiary/aromatic N) is 3. The first-order chi connectivity index (χ1) is 15.3. The number of rotatable bonds is 6. The quantitative estimate of drug-likeness (QED) is 0.607. The predicted molar refractivity (Wildman–Crippen MR) is 112 cm³/mol. The molecule has 166 valence electrons. The zero-order chi connectivity index (χ0) is 22.9. The topological polar surface area (TPSA) is 78.6 Å². The zero-order valence-electron chi connectivity index (χ0n) is 16.8. The van der Waals surface area contributed by atoms with Crippen LogP contribution in [0.2, 0.25) is 0 Å². The summed E-state index contributed by atoms with van der Waals surface area (Å²) < 4.78 is 40.6. The number of allylic oxidation sites excluding steroid dienone is 2. The van der Waals surface area contributed by atoms with Gasteiger partial charge in [-0.15, -0.1) is 0 Å². The van der Waals surface area contributed by atoms with E-state index in [1.165, 1.54) is 15.6 Å². The van der Waals surface area contributed by atoms with Crippen molar-refractivity contribution in [1.82, 2.24) is 14.7 Å². The Hall–Kier alpha value is -3.59. The van der Waals surface area contributed by atoms with Gasteiger partial charge in [0.05, 0.1) is 24.2 Å². The van der Waals surface area contributed by atoms with Gasteiger partial charge in [0, 0.05) is 29.9 Å². The van der Waals surface area contributed by atoms with Gasteiger partial charge in [0.2, 0.25) is 0 Å². The fourth-order valence-corrected chi connectivity index (χ4v) is 4.01. The average molecular weight is 443 g/mol. The van der Waals surface area contributed by atoms with Crippen LogP contribution in [0.4, 0.5) is 13.2 Å². The van der Waals surface area contributed by atoms with E-state index in [0.717, 1.165) is 12.1 Å². The lowest BCUT2D eigenvalue weighted by Crippen LogP contribution is -2.50. The first kappa shape index (κ1) is 21.6. The van der Waals surface area contributed by atoms with Gasteiger partial charge in [0.25, 0.3) is 0 Å². The van der Waals surface area contributed by atoms with Crippen LogP contribution in [0, 0.1) is 0 Å². The number of hydrogen-bond donors (Lipinski definition) is 2. The van der Waals surface area contributed by atoms with Crippen molar-refractivity contribution in [2.75, 3.05) is 13.2 Å². The minimum absolute atomic E-state index is 0.0915. The monoisotopic (exact) mass is 443 g/mol. The molecule has 4 rings (SSSR count). The van der Waals surface area contributed by atoms with Gasteiger partial charge in [-0.1, -0.05) is 30.3 Å². The Bertz CT molecular complexity index is 1220. The molecule has 2 heterocycles. The molecule has 1 aliphatic rings. The van der Waals surface area contributed by atoms with Gasteiger partial charge in [-0.05, 0) is 35.9 Å². The molecule has 1 atom stereocenters. The summed E-state index contributed by atoms with van der Waals surface area (Å²) in [6.07, 6.45) is 3.67. The summed E-state index contributed by atoms with van der Waals surface area (Å²) in [5.41, 5.74) is -0.907. The van der Waals surface area contributed by atoms with Crippen molar-refractivity contribution in [3.63, 3.8) is 0 Å². The maximum absolute atomic E-state index is 13.0. The van der Waals surface area contributed by atoms with Crippen molar-refractivity contribution in [2.45, 2.75) is 18.3 Å². The number of aromatic nitrogens is 2. The molecule has 2 aromatic carbocycles. The number of benzene rings is 2. The summed E-state index contributed by atoms with van der Waals surface area (Å²) in [5, 5.41) is 24.7. The summed E-state index contributed by atoms with van der Waals surface area (Å²) in [7, 11) is 0. The van der Waals surface area contributed by atoms with Gasteiger partial charge < -0.3 is 15.1 Å². The third kappa shape index (κ3) is 3.75. The molecular weight excluding hydrogens is 423 g/mol. The third-order valence-electron chi connectivity index (χ3n) is 5.44. The van der Waals surface area contributed by atoms with Crippen molar-refractivity contribution in [3.8, 4) is 0 Å². The molecule has 0 amide bonds. The number of carbonyl (C=O) groups is 1. The molecule has 1 aliphatic heterocycles. The summed E-state index contributed by atoms with van der Waals surface area (Å²) >= 11 is 0. The molecular formula is C23H20F3N3O3. The minimum atomic E-state index is -4.44. The van der Waals surface area contributed by atoms with Crippen molar-refractivity contribution in [3.05, 3.63) is 89.8 Å². The SMILES string of the molecule is O=C(O)C1(c2cccc3nn(Cc4cccc(C(F)(F)F)c4)cc23)C=CC=CN1CCO. The number of halogens is 3. The highest BCUT2D eigenvalue weighted by Crippen LogP contribution is 2.37. The molecule has 0 aliphatic carbocycles. The van der Waals surface area contributed by atoms with Crippen LogP contribution >= 0.6 is 0 Å². The Balaban J connectivity index is 1.78. The van der Waals surface area contributed by atoms with Crippen LogP contribution in [0.1, 0.15) is 16.7 Å². The van der Waals surface area contributed by atoms with Crippen molar-refractivity contribution in [2.24, 2.45) is 0 Å². The second kappa shape index (κ2) is 8.16. The third-order valence-corrected chi connectivity index (χ3v) is 5.44. The fraction of sp³-hybridized carbons (Fsp3) is 0.217. The maximum atomic E-state index is 13.0. The Morgan fingerprint density at radius 3 is 2.62 bits per heavy atom. The van der Waals surface area contributed by atoms with Gasteiger partial charge in [-0.25, -0.2) is 4.79 Å². The van der Waals surface area contributed by atoms with E-state index in [4.69, 9.17) is 0 Å². The minimum Gasteiger partial charge on any atom is -0.479 e. The number of hydrogen-bond acceptors (Lipinski definition) is 4. The lowest BCUT2D eigenvalue weighted by atomic mass is 9.84. The fourth-order valence-electron chi connectivity index (χ4n) is 4.01. The highest BCUT2D eigenvalue weighted by molar-refractivity contribution is 5.93. The van der Waals surface area contributed by atoms with E-state index in [1.54, 1.807) is 54.9 Å². The molecule has 1 unspecified atom stereocenters. The van der Waals surface area contributed by atoms with Crippen LogP contribution < -0.4 is 0 Å². The van der Waals surface area contributed by atoms with E-state index in [-0.39, 0.29) is 19.7 Å². The van der Waals surface area contributed by atoms with Crippen LogP contribution in [0.3, 0.4) is 0 Å². The number of carboxylic acid groups (broad SMARTS) is 1. The molecule has 6 nitrogen and oxygen atoms in total. The highest BCUT2D eigenvalue weighted by atomic mass is 19.4. The number of aliphatic carboxylic acids is 1. The lowest BCUT2D eigenvalue weighted by Gasteiger charge is -2.39. The Kier molecular flexibility index (Phi) is 5.52. The number of fused-ring (bicyclic) bond motifs is 1. The zero-order valence-corrected chi connectivity index (χ0v) is 16.8. The number of aliphatic hydroxyl groups is 1. The van der Waals surface area contributed by atoms with E-state index in [1.807, 2.05) is 0 Å². The van der Waals surface area contributed by atoms with E-state index < -0.39 is 23.2 Å². The highest BCUT2D eigenvalue weighted by Gasteiger charge is 2.44. The van der Waals surface area contributed by atoms with Crippen LogP contribution in [0.5, 0.6) is 0 Å². The summed E-state index contributed by atoms with van der Waals surface area (Å²) in [6, 6.07) is 10.1. The normalized spacial score (nSPS) is 18.4. The Morgan fingerprint density at radius 1 is 1.12 bits per heavy atom. The van der Waals surface area contributed by atoms with Gasteiger partial charge >= 0.3 is 12.1 Å². The first-order valence-electron chi connectivity index (χ1n) is 9.85. The standard InChI is InChI=1S/C23H20F3N3O3/c24-23(25,26)17-6-3-5-16(13-17)14-29-15-18-19(7-4-8-20(18)27-29)22(21(31)32)9-1-2-10-28(22)11-12-30/h1-10,13,15,30H,11-12,14H2,(H,31,32). The molecule has 0 fully saturated rings. The number of alkyl halides is 3. The molecule has 1 aromatic heterocycles. The summed E-state index contributed by atoms with van der Waals surface area (Å²) in [6.45, 7) is -0.0475. The molecule has 0 spiro atoms.